The molecular weight excluding hydrogens is 248 g/mol. The largest absolute Gasteiger partial charge is 0.492 e. The van der Waals surface area contributed by atoms with Crippen molar-refractivity contribution in [3.8, 4) is 11.8 Å². The van der Waals surface area contributed by atoms with Gasteiger partial charge in [-0.15, -0.1) is 0 Å². The lowest BCUT2D eigenvalue weighted by molar-refractivity contribution is 0.300. The molecule has 3 aromatic rings. The fourth-order valence-electron chi connectivity index (χ4n) is 2.24. The van der Waals surface area contributed by atoms with Crippen molar-refractivity contribution in [1.29, 1.82) is 5.26 Å². The van der Waals surface area contributed by atoms with Gasteiger partial charge in [0.25, 0.3) is 0 Å². The van der Waals surface area contributed by atoms with Gasteiger partial charge >= 0.3 is 0 Å². The molecule has 0 aliphatic rings. The smallest absolute Gasteiger partial charge is 0.119 e. The van der Waals surface area contributed by atoms with Crippen molar-refractivity contribution in [3.63, 3.8) is 0 Å². The van der Waals surface area contributed by atoms with Crippen molar-refractivity contribution in [1.82, 2.24) is 4.57 Å². The Kier molecular flexibility index (Phi) is 3.38. The fraction of sp³-hybridized carbons (Fsp3) is 0.118. The van der Waals surface area contributed by atoms with Crippen LogP contribution in [0.15, 0.2) is 60.8 Å². The highest BCUT2D eigenvalue weighted by atomic mass is 16.5. The maximum Gasteiger partial charge on any atom is 0.119 e. The summed E-state index contributed by atoms with van der Waals surface area (Å²) < 4.78 is 7.84. The summed E-state index contributed by atoms with van der Waals surface area (Å²) in [7, 11) is 0. The lowest BCUT2D eigenvalue weighted by atomic mass is 10.2. The van der Waals surface area contributed by atoms with Crippen molar-refractivity contribution >= 4 is 10.9 Å². The first kappa shape index (κ1) is 12.3. The molecule has 0 unspecified atom stereocenters. The van der Waals surface area contributed by atoms with Crippen LogP contribution in [0.5, 0.6) is 5.75 Å². The van der Waals surface area contributed by atoms with Crippen LogP contribution in [0, 0.1) is 11.3 Å². The van der Waals surface area contributed by atoms with Crippen molar-refractivity contribution in [3.05, 3.63) is 66.4 Å². The molecule has 3 heteroatoms. The Bertz CT molecular complexity index is 754. The Morgan fingerprint density at radius 3 is 2.70 bits per heavy atom. The van der Waals surface area contributed by atoms with E-state index in [4.69, 9.17) is 10.00 Å². The Labute approximate surface area is 117 Å². The second kappa shape index (κ2) is 5.50. The van der Waals surface area contributed by atoms with E-state index in [9.17, 15) is 0 Å². The summed E-state index contributed by atoms with van der Waals surface area (Å²) in [6, 6.07) is 19.7. The van der Waals surface area contributed by atoms with Gasteiger partial charge in [0, 0.05) is 17.1 Å². The SMILES string of the molecule is N#Cc1ccc2c(ccn2CCOc2ccccc2)c1. The number of nitrogens with zero attached hydrogens (tertiary/aromatic N) is 2. The van der Waals surface area contributed by atoms with Crippen LogP contribution >= 0.6 is 0 Å². The average molecular weight is 262 g/mol. The first-order chi connectivity index (χ1) is 9.86. The number of para-hydroxylation sites is 1. The average Bonchev–Trinajstić information content (AvgIpc) is 2.91. The highest BCUT2D eigenvalue weighted by Gasteiger charge is 2.02. The molecular formula is C17H14N2O. The van der Waals surface area contributed by atoms with Gasteiger partial charge in [0.1, 0.15) is 12.4 Å². The predicted molar refractivity (Wildman–Crippen MR) is 78.6 cm³/mol. The van der Waals surface area contributed by atoms with E-state index in [0.717, 1.165) is 23.2 Å². The van der Waals surface area contributed by atoms with E-state index >= 15 is 0 Å². The lowest BCUT2D eigenvalue weighted by Gasteiger charge is -2.08. The third-order valence-corrected chi connectivity index (χ3v) is 3.24. The molecule has 1 heterocycles. The molecule has 20 heavy (non-hydrogen) atoms. The first-order valence-corrected chi connectivity index (χ1v) is 6.54. The maximum absolute atomic E-state index is 8.89. The molecule has 0 bridgehead atoms. The van der Waals surface area contributed by atoms with E-state index in [0.29, 0.717) is 12.2 Å². The van der Waals surface area contributed by atoms with Gasteiger partial charge in [0.2, 0.25) is 0 Å². The molecule has 0 N–H and O–H groups in total. The number of ether oxygens (including phenoxy) is 1. The van der Waals surface area contributed by atoms with Gasteiger partial charge in [-0.3, -0.25) is 0 Å². The lowest BCUT2D eigenvalue weighted by Crippen LogP contribution is -2.06. The fourth-order valence-corrected chi connectivity index (χ4v) is 2.24. The maximum atomic E-state index is 8.89. The van der Waals surface area contributed by atoms with Gasteiger partial charge in [-0.2, -0.15) is 5.26 Å². The van der Waals surface area contributed by atoms with Crippen LogP contribution in [0.4, 0.5) is 0 Å². The molecule has 0 fully saturated rings. The van der Waals surface area contributed by atoms with E-state index in [1.54, 1.807) is 0 Å². The van der Waals surface area contributed by atoms with Gasteiger partial charge in [-0.05, 0) is 36.4 Å². The Morgan fingerprint density at radius 1 is 1.05 bits per heavy atom. The topological polar surface area (TPSA) is 38.0 Å². The van der Waals surface area contributed by atoms with Crippen molar-refractivity contribution in [2.24, 2.45) is 0 Å². The molecule has 0 aliphatic heterocycles. The molecule has 0 saturated carbocycles. The summed E-state index contributed by atoms with van der Waals surface area (Å²) >= 11 is 0. The highest BCUT2D eigenvalue weighted by molar-refractivity contribution is 5.81. The third-order valence-electron chi connectivity index (χ3n) is 3.24. The van der Waals surface area contributed by atoms with Gasteiger partial charge in [0.15, 0.2) is 0 Å². The van der Waals surface area contributed by atoms with E-state index in [1.165, 1.54) is 0 Å². The zero-order valence-corrected chi connectivity index (χ0v) is 11.0. The van der Waals surface area contributed by atoms with Crippen LogP contribution in [0.2, 0.25) is 0 Å². The molecule has 1 aromatic heterocycles. The number of fused-ring (bicyclic) bond motifs is 1. The Balaban J connectivity index is 1.71. The van der Waals surface area contributed by atoms with E-state index in [2.05, 4.69) is 10.6 Å². The summed E-state index contributed by atoms with van der Waals surface area (Å²) in [6.45, 7) is 1.40. The monoisotopic (exact) mass is 262 g/mol. The third kappa shape index (κ3) is 2.50. The molecule has 0 amide bonds. The number of rotatable bonds is 4. The zero-order chi connectivity index (χ0) is 13.8. The van der Waals surface area contributed by atoms with E-state index in [1.807, 2.05) is 60.8 Å². The minimum absolute atomic E-state index is 0.619. The molecule has 0 saturated heterocycles. The second-order valence-electron chi connectivity index (χ2n) is 4.56. The van der Waals surface area contributed by atoms with Gasteiger partial charge < -0.3 is 9.30 Å². The quantitative estimate of drug-likeness (QED) is 0.720. The minimum Gasteiger partial charge on any atom is -0.492 e. The molecule has 3 nitrogen and oxygen atoms in total. The zero-order valence-electron chi connectivity index (χ0n) is 11.0. The Hall–Kier alpha value is -2.73. The van der Waals surface area contributed by atoms with Crippen LogP contribution in [-0.4, -0.2) is 11.2 Å². The summed E-state index contributed by atoms with van der Waals surface area (Å²) in [5.41, 5.74) is 1.82. The molecule has 2 aromatic carbocycles. The van der Waals surface area contributed by atoms with Gasteiger partial charge in [-0.25, -0.2) is 0 Å². The number of nitriles is 1. The number of hydrogen-bond donors (Lipinski definition) is 0. The van der Waals surface area contributed by atoms with Crippen LogP contribution in [0.1, 0.15) is 5.56 Å². The van der Waals surface area contributed by atoms with Gasteiger partial charge in [-0.1, -0.05) is 18.2 Å². The standard InChI is InChI=1S/C17H14N2O/c18-13-14-6-7-17-15(12-14)8-9-19(17)10-11-20-16-4-2-1-3-5-16/h1-9,12H,10-11H2. The second-order valence-corrected chi connectivity index (χ2v) is 4.56. The highest BCUT2D eigenvalue weighted by Crippen LogP contribution is 2.17. The minimum atomic E-state index is 0.619. The summed E-state index contributed by atoms with van der Waals surface area (Å²) in [5, 5.41) is 9.98. The van der Waals surface area contributed by atoms with Crippen molar-refractivity contribution in [2.45, 2.75) is 6.54 Å². The summed E-state index contributed by atoms with van der Waals surface area (Å²) in [5.74, 6) is 0.885. The first-order valence-electron chi connectivity index (χ1n) is 6.54. The van der Waals surface area contributed by atoms with Crippen LogP contribution in [0.3, 0.4) is 0 Å². The van der Waals surface area contributed by atoms with Crippen molar-refractivity contribution < 1.29 is 4.74 Å². The number of benzene rings is 2. The summed E-state index contributed by atoms with van der Waals surface area (Å²) in [4.78, 5) is 0. The summed E-state index contributed by atoms with van der Waals surface area (Å²) in [6.07, 6.45) is 2.03. The van der Waals surface area contributed by atoms with E-state index in [-0.39, 0.29) is 0 Å². The molecule has 3 rings (SSSR count). The van der Waals surface area contributed by atoms with Crippen LogP contribution in [-0.2, 0) is 6.54 Å². The molecule has 98 valence electrons. The normalized spacial score (nSPS) is 10.3. The Morgan fingerprint density at radius 2 is 1.90 bits per heavy atom. The molecule has 0 spiro atoms. The van der Waals surface area contributed by atoms with Crippen molar-refractivity contribution in [2.75, 3.05) is 6.61 Å². The molecule has 0 aliphatic carbocycles. The molecule has 0 radical (unpaired) electrons. The number of aromatic nitrogens is 1. The predicted octanol–water partition coefficient (Wildman–Crippen LogP) is 3.59. The van der Waals surface area contributed by atoms with Crippen LogP contribution in [0.25, 0.3) is 10.9 Å². The number of hydrogen-bond acceptors (Lipinski definition) is 2. The van der Waals surface area contributed by atoms with Gasteiger partial charge in [0.05, 0.1) is 18.2 Å². The molecule has 0 atom stereocenters. The van der Waals surface area contributed by atoms with E-state index < -0.39 is 0 Å². The van der Waals surface area contributed by atoms with Crippen LogP contribution < -0.4 is 4.74 Å².